The van der Waals surface area contributed by atoms with E-state index in [9.17, 15) is 14.4 Å². The van der Waals surface area contributed by atoms with Crippen LogP contribution in [-0.2, 0) is 20.9 Å². The third-order valence-electron chi connectivity index (χ3n) is 6.95. The minimum atomic E-state index is -0.703. The Balaban J connectivity index is 1.96. The monoisotopic (exact) mass is 506 g/mol. The molecule has 11 heteroatoms. The lowest BCUT2D eigenvalue weighted by molar-refractivity contribution is -0.139. The molecule has 0 aromatic carbocycles. The second kappa shape index (κ2) is 16.3. The zero-order valence-corrected chi connectivity index (χ0v) is 22.3. The van der Waals surface area contributed by atoms with E-state index in [-0.39, 0.29) is 24.9 Å². The summed E-state index contributed by atoms with van der Waals surface area (Å²) in [6, 6.07) is -0.308. The quantitative estimate of drug-likeness (QED) is 0.237. The standard InChI is InChI=1S/C25H46N8O3/c1-4-31(5-2)14-7-11-27-18-24(35)29-22(10-9-21-8-6-13-30(21)3)25(36)33(19-23(26)34)17-16-32-15-12-28-20-32/h12,15,20-22,27H,4-11,13-14,16-19H2,1-3H3,(H2,26,34)(H,29,35)/t21-,22?/m0/s1. The minimum absolute atomic E-state index is 0.149. The van der Waals surface area contributed by atoms with Crippen molar-refractivity contribution >= 4 is 17.7 Å². The Kier molecular flexibility index (Phi) is 13.4. The van der Waals surface area contributed by atoms with Gasteiger partial charge in [-0.1, -0.05) is 13.8 Å². The van der Waals surface area contributed by atoms with Crippen LogP contribution >= 0.6 is 0 Å². The third kappa shape index (κ3) is 10.6. The fraction of sp³-hybridized carbons (Fsp3) is 0.760. The molecule has 2 heterocycles. The number of carbonyl (C=O) groups is 3. The van der Waals surface area contributed by atoms with Crippen molar-refractivity contribution in [2.75, 3.05) is 59.4 Å². The molecule has 1 fully saturated rings. The lowest BCUT2D eigenvalue weighted by atomic mass is 10.0. The van der Waals surface area contributed by atoms with Gasteiger partial charge in [0.25, 0.3) is 0 Å². The molecular weight excluding hydrogens is 460 g/mol. The summed E-state index contributed by atoms with van der Waals surface area (Å²) in [4.78, 5) is 48.1. The highest BCUT2D eigenvalue weighted by molar-refractivity contribution is 5.90. The first-order chi connectivity index (χ1) is 17.3. The van der Waals surface area contributed by atoms with Crippen LogP contribution in [0.5, 0.6) is 0 Å². The van der Waals surface area contributed by atoms with E-state index < -0.39 is 11.9 Å². The second-order valence-electron chi connectivity index (χ2n) is 9.56. The number of nitrogens with one attached hydrogen (secondary N) is 2. The van der Waals surface area contributed by atoms with Crippen molar-refractivity contribution in [2.45, 2.75) is 64.6 Å². The number of aromatic nitrogens is 2. The molecule has 4 N–H and O–H groups in total. The third-order valence-corrected chi connectivity index (χ3v) is 6.95. The van der Waals surface area contributed by atoms with E-state index in [1.54, 1.807) is 18.7 Å². The number of rotatable bonds is 18. The number of hydrogen-bond donors (Lipinski definition) is 3. The minimum Gasteiger partial charge on any atom is -0.368 e. The highest BCUT2D eigenvalue weighted by atomic mass is 16.2. The first-order valence-electron chi connectivity index (χ1n) is 13.3. The van der Waals surface area contributed by atoms with E-state index in [1.807, 2.05) is 4.57 Å². The van der Waals surface area contributed by atoms with Crippen LogP contribution in [0.3, 0.4) is 0 Å². The zero-order valence-electron chi connectivity index (χ0n) is 22.3. The summed E-state index contributed by atoms with van der Waals surface area (Å²) in [5.74, 6) is -1.07. The van der Waals surface area contributed by atoms with Gasteiger partial charge in [0, 0.05) is 31.5 Å². The van der Waals surface area contributed by atoms with Gasteiger partial charge in [0.1, 0.15) is 6.04 Å². The van der Waals surface area contributed by atoms with Crippen LogP contribution in [0.25, 0.3) is 0 Å². The second-order valence-corrected chi connectivity index (χ2v) is 9.56. The maximum absolute atomic E-state index is 13.5. The normalized spacial score (nSPS) is 16.8. The molecular formula is C25H46N8O3. The molecule has 2 atom stereocenters. The van der Waals surface area contributed by atoms with Crippen LogP contribution in [0, 0.1) is 0 Å². The topological polar surface area (TPSA) is 129 Å². The molecule has 1 aromatic rings. The number of primary amides is 1. The SMILES string of the molecule is CCN(CC)CCCNCC(=O)NC(CC[C@@H]1CCCN1C)C(=O)N(CCn1ccnc1)CC(N)=O. The number of carbonyl (C=O) groups excluding carboxylic acids is 3. The van der Waals surface area contributed by atoms with Gasteiger partial charge in [-0.15, -0.1) is 0 Å². The molecule has 0 aliphatic carbocycles. The van der Waals surface area contributed by atoms with Gasteiger partial charge in [-0.25, -0.2) is 4.98 Å². The summed E-state index contributed by atoms with van der Waals surface area (Å²) in [6.45, 7) is 9.82. The molecule has 2 rings (SSSR count). The zero-order chi connectivity index (χ0) is 26.3. The van der Waals surface area contributed by atoms with E-state index in [4.69, 9.17) is 5.73 Å². The van der Waals surface area contributed by atoms with Crippen LogP contribution in [0.2, 0.25) is 0 Å². The highest BCUT2D eigenvalue weighted by Crippen LogP contribution is 2.20. The molecule has 1 aliphatic rings. The molecule has 1 aromatic heterocycles. The first kappa shape index (κ1) is 29.7. The maximum Gasteiger partial charge on any atom is 0.245 e. The molecule has 36 heavy (non-hydrogen) atoms. The summed E-state index contributed by atoms with van der Waals surface area (Å²) in [7, 11) is 2.10. The van der Waals surface area contributed by atoms with E-state index in [2.05, 4.69) is 46.3 Å². The Hall–Kier alpha value is -2.50. The predicted molar refractivity (Wildman–Crippen MR) is 140 cm³/mol. The largest absolute Gasteiger partial charge is 0.368 e. The fourth-order valence-electron chi connectivity index (χ4n) is 4.71. The number of likely N-dealkylation sites (tertiary alicyclic amines) is 1. The van der Waals surface area contributed by atoms with Crippen LogP contribution < -0.4 is 16.4 Å². The van der Waals surface area contributed by atoms with Gasteiger partial charge in [0.2, 0.25) is 17.7 Å². The smallest absolute Gasteiger partial charge is 0.245 e. The lowest BCUT2D eigenvalue weighted by Crippen LogP contribution is -2.53. The van der Waals surface area contributed by atoms with Crippen molar-refractivity contribution in [2.24, 2.45) is 5.73 Å². The number of nitrogens with two attached hydrogens (primary N) is 1. The van der Waals surface area contributed by atoms with Crippen molar-refractivity contribution in [3.8, 4) is 0 Å². The highest BCUT2D eigenvalue weighted by Gasteiger charge is 2.29. The maximum atomic E-state index is 13.5. The average molecular weight is 507 g/mol. The van der Waals surface area contributed by atoms with Crippen LogP contribution in [-0.4, -0.2) is 113 Å². The van der Waals surface area contributed by atoms with Gasteiger partial charge in [-0.2, -0.15) is 0 Å². The van der Waals surface area contributed by atoms with Crippen LogP contribution in [0.15, 0.2) is 18.7 Å². The van der Waals surface area contributed by atoms with E-state index >= 15 is 0 Å². The Bertz CT molecular complexity index is 784. The molecule has 11 nitrogen and oxygen atoms in total. The number of imidazole rings is 1. The van der Waals surface area contributed by atoms with Gasteiger partial charge in [0.15, 0.2) is 0 Å². The Morgan fingerprint density at radius 1 is 1.22 bits per heavy atom. The molecule has 1 unspecified atom stereocenters. The average Bonchev–Trinajstić information content (AvgIpc) is 3.52. The fourth-order valence-corrected chi connectivity index (χ4v) is 4.71. The summed E-state index contributed by atoms with van der Waals surface area (Å²) >= 11 is 0. The molecule has 1 saturated heterocycles. The van der Waals surface area contributed by atoms with Crippen molar-refractivity contribution in [1.82, 2.24) is 34.9 Å². The molecule has 3 amide bonds. The van der Waals surface area contributed by atoms with Gasteiger partial charge >= 0.3 is 0 Å². The summed E-state index contributed by atoms with van der Waals surface area (Å²) < 4.78 is 1.84. The van der Waals surface area contributed by atoms with E-state index in [0.29, 0.717) is 25.6 Å². The first-order valence-corrected chi connectivity index (χ1v) is 13.3. The Morgan fingerprint density at radius 2 is 2.00 bits per heavy atom. The Morgan fingerprint density at radius 3 is 2.61 bits per heavy atom. The van der Waals surface area contributed by atoms with Gasteiger partial charge in [-0.3, -0.25) is 14.4 Å². The molecule has 0 saturated carbocycles. The van der Waals surface area contributed by atoms with Crippen LogP contribution in [0.4, 0.5) is 0 Å². The number of amides is 3. The summed E-state index contributed by atoms with van der Waals surface area (Å²) in [5, 5.41) is 6.12. The van der Waals surface area contributed by atoms with Gasteiger partial charge < -0.3 is 35.6 Å². The van der Waals surface area contributed by atoms with Gasteiger partial charge in [0.05, 0.1) is 19.4 Å². The molecule has 0 spiro atoms. The summed E-state index contributed by atoms with van der Waals surface area (Å²) in [5.41, 5.74) is 5.45. The molecule has 0 radical (unpaired) electrons. The van der Waals surface area contributed by atoms with Crippen molar-refractivity contribution in [3.05, 3.63) is 18.7 Å². The molecule has 204 valence electrons. The van der Waals surface area contributed by atoms with Crippen molar-refractivity contribution < 1.29 is 14.4 Å². The van der Waals surface area contributed by atoms with Crippen molar-refractivity contribution in [1.29, 1.82) is 0 Å². The predicted octanol–water partition coefficient (Wildman–Crippen LogP) is -0.122. The van der Waals surface area contributed by atoms with Crippen LogP contribution in [0.1, 0.15) is 46.0 Å². The van der Waals surface area contributed by atoms with E-state index in [0.717, 1.165) is 58.4 Å². The van der Waals surface area contributed by atoms with E-state index in [1.165, 1.54) is 4.90 Å². The lowest BCUT2D eigenvalue weighted by Gasteiger charge is -2.29. The molecule has 0 bridgehead atoms. The number of nitrogens with zero attached hydrogens (tertiary/aromatic N) is 5. The van der Waals surface area contributed by atoms with Crippen molar-refractivity contribution in [3.63, 3.8) is 0 Å². The summed E-state index contributed by atoms with van der Waals surface area (Å²) in [6.07, 6.45) is 9.62. The Labute approximate surface area is 215 Å². The molecule has 1 aliphatic heterocycles. The number of hydrogen-bond acceptors (Lipinski definition) is 7. The van der Waals surface area contributed by atoms with Gasteiger partial charge in [-0.05, 0) is 71.9 Å².